The first kappa shape index (κ1) is 14.5. The SMILES string of the molecule is N#Cc1ccc(S(=O)(=O)N2C[C@H]3CCC(N)C[C@H]3C2)cc1. The van der Waals surface area contributed by atoms with Crippen molar-refractivity contribution in [3.63, 3.8) is 0 Å². The van der Waals surface area contributed by atoms with E-state index in [4.69, 9.17) is 11.0 Å². The Morgan fingerprint density at radius 3 is 2.48 bits per heavy atom. The van der Waals surface area contributed by atoms with E-state index in [1.54, 1.807) is 16.4 Å². The van der Waals surface area contributed by atoms with Gasteiger partial charge in [0, 0.05) is 19.1 Å². The number of sulfonamides is 1. The molecule has 1 heterocycles. The van der Waals surface area contributed by atoms with Gasteiger partial charge in [-0.1, -0.05) is 0 Å². The van der Waals surface area contributed by atoms with Crippen molar-refractivity contribution in [2.75, 3.05) is 13.1 Å². The molecule has 1 aromatic rings. The number of nitrogens with two attached hydrogens (primary N) is 1. The molecule has 0 bridgehead atoms. The van der Waals surface area contributed by atoms with E-state index >= 15 is 0 Å². The molecule has 2 N–H and O–H groups in total. The molecule has 3 rings (SSSR count). The Morgan fingerprint density at radius 1 is 1.14 bits per heavy atom. The van der Waals surface area contributed by atoms with Crippen molar-refractivity contribution in [1.82, 2.24) is 4.31 Å². The van der Waals surface area contributed by atoms with Crippen molar-refractivity contribution in [1.29, 1.82) is 5.26 Å². The second-order valence-electron chi connectivity index (χ2n) is 6.05. The lowest BCUT2D eigenvalue weighted by Crippen LogP contribution is -2.32. The van der Waals surface area contributed by atoms with Gasteiger partial charge in [0.15, 0.2) is 0 Å². The maximum absolute atomic E-state index is 12.7. The van der Waals surface area contributed by atoms with Crippen LogP contribution in [0.4, 0.5) is 0 Å². The summed E-state index contributed by atoms with van der Waals surface area (Å²) in [6, 6.07) is 8.34. The van der Waals surface area contributed by atoms with E-state index in [0.717, 1.165) is 19.3 Å². The fraction of sp³-hybridized carbons (Fsp3) is 0.533. The van der Waals surface area contributed by atoms with Gasteiger partial charge in [-0.2, -0.15) is 9.57 Å². The first-order valence-electron chi connectivity index (χ1n) is 7.26. The van der Waals surface area contributed by atoms with Crippen molar-refractivity contribution in [3.05, 3.63) is 29.8 Å². The van der Waals surface area contributed by atoms with Gasteiger partial charge in [-0.15, -0.1) is 0 Å². The topological polar surface area (TPSA) is 87.2 Å². The quantitative estimate of drug-likeness (QED) is 0.892. The lowest BCUT2D eigenvalue weighted by atomic mass is 9.79. The van der Waals surface area contributed by atoms with Gasteiger partial charge in [-0.25, -0.2) is 8.42 Å². The monoisotopic (exact) mass is 305 g/mol. The van der Waals surface area contributed by atoms with Crippen LogP contribution in [0.25, 0.3) is 0 Å². The van der Waals surface area contributed by atoms with Gasteiger partial charge in [0.2, 0.25) is 10.0 Å². The molecule has 1 aromatic carbocycles. The molecule has 1 aliphatic heterocycles. The van der Waals surface area contributed by atoms with Crippen LogP contribution in [0.15, 0.2) is 29.2 Å². The maximum atomic E-state index is 12.7. The predicted molar refractivity (Wildman–Crippen MR) is 78.7 cm³/mol. The van der Waals surface area contributed by atoms with Crippen molar-refractivity contribution < 1.29 is 8.42 Å². The Hall–Kier alpha value is -1.42. The number of hydrogen-bond acceptors (Lipinski definition) is 4. The summed E-state index contributed by atoms with van der Waals surface area (Å²) in [7, 11) is -3.46. The van der Waals surface area contributed by atoms with Crippen LogP contribution in [0.2, 0.25) is 0 Å². The van der Waals surface area contributed by atoms with E-state index in [2.05, 4.69) is 0 Å². The average Bonchev–Trinajstić information content (AvgIpc) is 2.91. The van der Waals surface area contributed by atoms with Crippen LogP contribution in [0.5, 0.6) is 0 Å². The van der Waals surface area contributed by atoms with E-state index in [1.807, 2.05) is 6.07 Å². The number of nitrogens with zero attached hydrogens (tertiary/aromatic N) is 2. The summed E-state index contributed by atoms with van der Waals surface area (Å²) >= 11 is 0. The summed E-state index contributed by atoms with van der Waals surface area (Å²) in [5.41, 5.74) is 6.46. The lowest BCUT2D eigenvalue weighted by Gasteiger charge is -2.28. The van der Waals surface area contributed by atoms with Crippen LogP contribution in [0, 0.1) is 23.2 Å². The predicted octanol–water partition coefficient (Wildman–Crippen LogP) is 1.31. The zero-order valence-electron chi connectivity index (χ0n) is 11.8. The van der Waals surface area contributed by atoms with Crippen molar-refractivity contribution in [3.8, 4) is 6.07 Å². The third-order valence-electron chi connectivity index (χ3n) is 4.68. The van der Waals surface area contributed by atoms with Crippen molar-refractivity contribution in [2.24, 2.45) is 17.6 Å². The second kappa shape index (κ2) is 5.41. The minimum Gasteiger partial charge on any atom is -0.328 e. The minimum atomic E-state index is -3.46. The average molecular weight is 305 g/mol. The van der Waals surface area contributed by atoms with E-state index in [9.17, 15) is 8.42 Å². The van der Waals surface area contributed by atoms with Crippen LogP contribution >= 0.6 is 0 Å². The zero-order valence-corrected chi connectivity index (χ0v) is 12.6. The molecule has 0 aromatic heterocycles. The van der Waals surface area contributed by atoms with Gasteiger partial charge >= 0.3 is 0 Å². The highest BCUT2D eigenvalue weighted by Crippen LogP contribution is 2.37. The van der Waals surface area contributed by atoms with Gasteiger partial charge in [0.25, 0.3) is 0 Å². The molecule has 6 heteroatoms. The number of hydrogen-bond donors (Lipinski definition) is 1. The molecule has 2 aliphatic rings. The van der Waals surface area contributed by atoms with Gasteiger partial charge < -0.3 is 5.73 Å². The van der Waals surface area contributed by atoms with E-state index < -0.39 is 10.0 Å². The summed E-state index contributed by atoms with van der Waals surface area (Å²) in [5.74, 6) is 0.833. The standard InChI is InChI=1S/C15H19N3O2S/c16-8-11-1-5-15(6-2-11)21(19,20)18-9-12-3-4-14(17)7-13(12)10-18/h1-2,5-6,12-14H,3-4,7,9-10,17H2/t12-,13+,14?/m1/s1. The van der Waals surface area contributed by atoms with E-state index in [1.165, 1.54) is 12.1 Å². The van der Waals surface area contributed by atoms with Crippen LogP contribution < -0.4 is 5.73 Å². The minimum absolute atomic E-state index is 0.212. The molecule has 21 heavy (non-hydrogen) atoms. The van der Waals surface area contributed by atoms with Crippen LogP contribution in [-0.2, 0) is 10.0 Å². The highest BCUT2D eigenvalue weighted by molar-refractivity contribution is 7.89. The molecule has 3 atom stereocenters. The molecule has 5 nitrogen and oxygen atoms in total. The normalized spacial score (nSPS) is 29.8. The first-order valence-corrected chi connectivity index (χ1v) is 8.70. The Labute approximate surface area is 125 Å². The summed E-state index contributed by atoms with van der Waals surface area (Å²) in [5, 5.41) is 8.79. The molecule has 1 aliphatic carbocycles. The fourth-order valence-electron chi connectivity index (χ4n) is 3.47. The zero-order chi connectivity index (χ0) is 15.0. The molecule has 1 saturated heterocycles. The van der Waals surface area contributed by atoms with Gasteiger partial charge in [-0.3, -0.25) is 0 Å². The molecule has 1 saturated carbocycles. The largest absolute Gasteiger partial charge is 0.328 e. The number of nitriles is 1. The van der Waals surface area contributed by atoms with Crippen LogP contribution in [-0.4, -0.2) is 31.9 Å². The molecular formula is C15H19N3O2S. The van der Waals surface area contributed by atoms with Crippen LogP contribution in [0.3, 0.4) is 0 Å². The Morgan fingerprint density at radius 2 is 1.81 bits per heavy atom. The van der Waals surface area contributed by atoms with Crippen molar-refractivity contribution >= 4 is 10.0 Å². The summed E-state index contributed by atoms with van der Waals surface area (Å²) in [6.45, 7) is 1.17. The molecule has 0 radical (unpaired) electrons. The Balaban J connectivity index is 1.81. The van der Waals surface area contributed by atoms with Crippen molar-refractivity contribution in [2.45, 2.75) is 30.2 Å². The fourth-order valence-corrected chi connectivity index (χ4v) is 5.03. The third kappa shape index (κ3) is 2.69. The van der Waals surface area contributed by atoms with Gasteiger partial charge in [0.05, 0.1) is 16.5 Å². The van der Waals surface area contributed by atoms with Crippen LogP contribution in [0.1, 0.15) is 24.8 Å². The summed E-state index contributed by atoms with van der Waals surface area (Å²) < 4.78 is 26.9. The first-order chi connectivity index (χ1) is 10.0. The maximum Gasteiger partial charge on any atom is 0.243 e. The Kier molecular flexibility index (Phi) is 3.74. The van der Waals surface area contributed by atoms with E-state index in [0.29, 0.717) is 30.5 Å². The summed E-state index contributed by atoms with van der Waals surface area (Å²) in [4.78, 5) is 0.268. The molecule has 1 unspecified atom stereocenters. The molecule has 112 valence electrons. The number of rotatable bonds is 2. The number of benzene rings is 1. The molecular weight excluding hydrogens is 286 g/mol. The van der Waals surface area contributed by atoms with Gasteiger partial charge in [-0.05, 0) is 55.4 Å². The Bertz CT molecular complexity index is 663. The second-order valence-corrected chi connectivity index (χ2v) is 7.99. The highest BCUT2D eigenvalue weighted by Gasteiger charge is 2.41. The molecule has 0 amide bonds. The highest BCUT2D eigenvalue weighted by atomic mass is 32.2. The van der Waals surface area contributed by atoms with Gasteiger partial charge in [0.1, 0.15) is 0 Å². The third-order valence-corrected chi connectivity index (χ3v) is 6.52. The number of fused-ring (bicyclic) bond motifs is 1. The lowest BCUT2D eigenvalue weighted by molar-refractivity contribution is 0.271. The molecule has 0 spiro atoms. The smallest absolute Gasteiger partial charge is 0.243 e. The van der Waals surface area contributed by atoms with E-state index in [-0.39, 0.29) is 10.9 Å². The summed E-state index contributed by atoms with van der Waals surface area (Å²) in [6.07, 6.45) is 2.93. The molecule has 2 fully saturated rings.